The molecule has 0 saturated heterocycles. The molecular weight excluding hydrogens is 280 g/mol. The Bertz CT molecular complexity index is 795. The third kappa shape index (κ3) is 2.65. The smallest absolute Gasteiger partial charge is 0.267 e. The first-order valence-corrected chi connectivity index (χ1v) is 7.29. The molecule has 0 radical (unpaired) electrons. The number of carbonyl (C=O) groups excluding carboxylic acids is 1. The molecule has 1 heterocycles. The van der Waals surface area contributed by atoms with Crippen LogP contribution in [0.1, 0.15) is 23.1 Å². The SMILES string of the molecule is Cc1ccc2c(c1)-c1nn(CC(=O)NN)c(=O)cc1CCC2. The van der Waals surface area contributed by atoms with Gasteiger partial charge in [-0.05, 0) is 43.4 Å². The van der Waals surface area contributed by atoms with Crippen LogP contribution >= 0.6 is 0 Å². The zero-order valence-corrected chi connectivity index (χ0v) is 12.4. The molecule has 2 aromatic rings. The fourth-order valence-electron chi connectivity index (χ4n) is 2.84. The zero-order chi connectivity index (χ0) is 15.7. The normalized spacial score (nSPS) is 13.0. The van der Waals surface area contributed by atoms with Crippen molar-refractivity contribution in [2.24, 2.45) is 5.84 Å². The van der Waals surface area contributed by atoms with Gasteiger partial charge < -0.3 is 0 Å². The highest BCUT2D eigenvalue weighted by atomic mass is 16.2. The summed E-state index contributed by atoms with van der Waals surface area (Å²) in [6.07, 6.45) is 2.76. The third-order valence-corrected chi connectivity index (χ3v) is 3.94. The van der Waals surface area contributed by atoms with Gasteiger partial charge in [-0.25, -0.2) is 10.5 Å². The van der Waals surface area contributed by atoms with Gasteiger partial charge in [0.2, 0.25) is 0 Å². The minimum Gasteiger partial charge on any atom is -0.293 e. The summed E-state index contributed by atoms with van der Waals surface area (Å²) in [5, 5.41) is 4.43. The predicted molar refractivity (Wildman–Crippen MR) is 83.0 cm³/mol. The number of hydrogen-bond acceptors (Lipinski definition) is 4. The van der Waals surface area contributed by atoms with E-state index in [0.717, 1.165) is 41.6 Å². The minimum atomic E-state index is -0.451. The van der Waals surface area contributed by atoms with Gasteiger partial charge in [0.05, 0.1) is 5.69 Å². The summed E-state index contributed by atoms with van der Waals surface area (Å²) in [5.74, 6) is 4.64. The summed E-state index contributed by atoms with van der Waals surface area (Å²) in [6.45, 7) is 1.85. The lowest BCUT2D eigenvalue weighted by Crippen LogP contribution is -2.37. The van der Waals surface area contributed by atoms with Gasteiger partial charge >= 0.3 is 0 Å². The molecule has 0 bridgehead atoms. The molecule has 6 nitrogen and oxygen atoms in total. The highest BCUT2D eigenvalue weighted by Gasteiger charge is 2.18. The molecule has 1 aliphatic rings. The third-order valence-electron chi connectivity index (χ3n) is 3.94. The van der Waals surface area contributed by atoms with E-state index in [2.05, 4.69) is 23.3 Å². The number of carbonyl (C=O) groups is 1. The van der Waals surface area contributed by atoms with Crippen molar-refractivity contribution in [3.8, 4) is 11.3 Å². The molecule has 22 heavy (non-hydrogen) atoms. The lowest BCUT2D eigenvalue weighted by molar-refractivity contribution is -0.121. The van der Waals surface area contributed by atoms with Gasteiger partial charge in [0.1, 0.15) is 6.54 Å². The maximum atomic E-state index is 12.1. The van der Waals surface area contributed by atoms with Crippen LogP contribution in [0.4, 0.5) is 0 Å². The molecule has 0 fully saturated rings. The largest absolute Gasteiger partial charge is 0.293 e. The van der Waals surface area contributed by atoms with Crippen molar-refractivity contribution in [3.05, 3.63) is 51.3 Å². The van der Waals surface area contributed by atoms with Crippen LogP contribution in [0.25, 0.3) is 11.3 Å². The lowest BCUT2D eigenvalue weighted by Gasteiger charge is -2.12. The number of fused-ring (bicyclic) bond motifs is 3. The first-order valence-electron chi connectivity index (χ1n) is 7.29. The molecule has 3 N–H and O–H groups in total. The van der Waals surface area contributed by atoms with Gasteiger partial charge in [0.25, 0.3) is 11.5 Å². The van der Waals surface area contributed by atoms with E-state index in [4.69, 9.17) is 5.84 Å². The molecule has 1 aromatic carbocycles. The first kappa shape index (κ1) is 14.5. The standard InChI is InChI=1S/C16H18N4O2/c1-10-5-6-11-3-2-4-12-8-15(22)20(9-14(21)18-17)19-16(12)13(11)7-10/h5-8H,2-4,9,17H2,1H3,(H,18,21). The number of rotatable bonds is 2. The van der Waals surface area contributed by atoms with Crippen LogP contribution in [0.15, 0.2) is 29.1 Å². The number of nitrogens with two attached hydrogens (primary N) is 1. The highest BCUT2D eigenvalue weighted by Crippen LogP contribution is 2.30. The minimum absolute atomic E-state index is 0.177. The van der Waals surface area contributed by atoms with Crippen molar-refractivity contribution in [3.63, 3.8) is 0 Å². The van der Waals surface area contributed by atoms with Gasteiger partial charge in [-0.15, -0.1) is 0 Å². The predicted octanol–water partition coefficient (Wildman–Crippen LogP) is 0.697. The number of hydrogen-bond donors (Lipinski definition) is 2. The number of benzene rings is 1. The molecule has 1 aliphatic carbocycles. The van der Waals surface area contributed by atoms with Crippen LogP contribution in [-0.4, -0.2) is 15.7 Å². The number of hydrazine groups is 1. The Morgan fingerprint density at radius 2 is 2.09 bits per heavy atom. The number of aryl methyl sites for hydroxylation is 3. The Kier molecular flexibility index (Phi) is 3.77. The fourth-order valence-corrected chi connectivity index (χ4v) is 2.84. The van der Waals surface area contributed by atoms with E-state index in [0.29, 0.717) is 0 Å². The second-order valence-corrected chi connectivity index (χ2v) is 5.60. The van der Waals surface area contributed by atoms with E-state index < -0.39 is 5.91 Å². The van der Waals surface area contributed by atoms with Crippen LogP contribution in [0.2, 0.25) is 0 Å². The summed E-state index contributed by atoms with van der Waals surface area (Å²) >= 11 is 0. The van der Waals surface area contributed by atoms with E-state index in [9.17, 15) is 9.59 Å². The zero-order valence-electron chi connectivity index (χ0n) is 12.4. The van der Waals surface area contributed by atoms with E-state index >= 15 is 0 Å². The Hall–Kier alpha value is -2.47. The van der Waals surface area contributed by atoms with E-state index in [1.54, 1.807) is 6.07 Å². The Balaban J connectivity index is 2.17. The fraction of sp³-hybridized carbons (Fsp3) is 0.312. The average Bonchev–Trinajstić information content (AvgIpc) is 2.66. The highest BCUT2D eigenvalue weighted by molar-refractivity contribution is 5.75. The van der Waals surface area contributed by atoms with Crippen LogP contribution < -0.4 is 16.8 Å². The molecular formula is C16H18N4O2. The quantitative estimate of drug-likeness (QED) is 0.485. The van der Waals surface area contributed by atoms with Gasteiger partial charge in [-0.1, -0.05) is 17.7 Å². The molecule has 1 aromatic heterocycles. The molecule has 3 rings (SSSR count). The van der Waals surface area contributed by atoms with Gasteiger partial charge in [0.15, 0.2) is 0 Å². The lowest BCUT2D eigenvalue weighted by atomic mass is 10.00. The molecule has 114 valence electrons. The average molecular weight is 298 g/mol. The Labute approximate surface area is 127 Å². The number of aromatic nitrogens is 2. The van der Waals surface area contributed by atoms with Crippen LogP contribution in [0.3, 0.4) is 0 Å². The Morgan fingerprint density at radius 3 is 2.86 bits per heavy atom. The van der Waals surface area contributed by atoms with Gasteiger partial charge in [-0.2, -0.15) is 5.10 Å². The molecule has 0 aliphatic heterocycles. The van der Waals surface area contributed by atoms with Crippen LogP contribution in [-0.2, 0) is 24.2 Å². The summed E-state index contributed by atoms with van der Waals surface area (Å²) in [7, 11) is 0. The maximum Gasteiger partial charge on any atom is 0.267 e. The van der Waals surface area contributed by atoms with E-state index in [-0.39, 0.29) is 12.1 Å². The maximum absolute atomic E-state index is 12.1. The molecule has 0 atom stereocenters. The van der Waals surface area contributed by atoms with Gasteiger partial charge in [0, 0.05) is 11.6 Å². The number of nitrogens with zero attached hydrogens (tertiary/aromatic N) is 2. The van der Waals surface area contributed by atoms with Crippen LogP contribution in [0.5, 0.6) is 0 Å². The van der Waals surface area contributed by atoms with Crippen molar-refractivity contribution in [1.82, 2.24) is 15.2 Å². The number of amides is 1. The molecule has 0 spiro atoms. The summed E-state index contributed by atoms with van der Waals surface area (Å²) in [4.78, 5) is 23.5. The second-order valence-electron chi connectivity index (χ2n) is 5.60. The van der Waals surface area contributed by atoms with Gasteiger partial charge in [-0.3, -0.25) is 15.0 Å². The van der Waals surface area contributed by atoms with E-state index in [1.807, 2.05) is 12.3 Å². The molecule has 6 heteroatoms. The topological polar surface area (TPSA) is 90.0 Å². The van der Waals surface area contributed by atoms with Crippen molar-refractivity contribution in [1.29, 1.82) is 0 Å². The Morgan fingerprint density at radius 1 is 1.32 bits per heavy atom. The van der Waals surface area contributed by atoms with Crippen LogP contribution in [0, 0.1) is 6.92 Å². The molecule has 0 unspecified atom stereocenters. The second kappa shape index (κ2) is 5.73. The number of nitrogens with one attached hydrogen (secondary N) is 1. The molecule has 1 amide bonds. The summed E-state index contributed by atoms with van der Waals surface area (Å²) in [5.41, 5.74) is 6.90. The van der Waals surface area contributed by atoms with Crippen molar-refractivity contribution in [2.45, 2.75) is 32.7 Å². The first-order chi connectivity index (χ1) is 10.6. The van der Waals surface area contributed by atoms with E-state index in [1.165, 1.54) is 10.2 Å². The molecule has 0 saturated carbocycles. The van der Waals surface area contributed by atoms with Crippen molar-refractivity contribution < 1.29 is 4.79 Å². The van der Waals surface area contributed by atoms with Crippen molar-refractivity contribution >= 4 is 5.91 Å². The summed E-state index contributed by atoms with van der Waals surface area (Å²) in [6, 6.07) is 7.87. The van der Waals surface area contributed by atoms with Crippen molar-refractivity contribution in [2.75, 3.05) is 0 Å². The monoisotopic (exact) mass is 298 g/mol. The summed E-state index contributed by atoms with van der Waals surface area (Å²) < 4.78 is 1.17.